The molecule has 1 rings (SSSR count). The SMILES string of the molecule is NNC(=O)C(=Nc1ccccc1)C(=O)NN. The van der Waals surface area contributed by atoms with Gasteiger partial charge in [-0.3, -0.25) is 20.4 Å². The Balaban J connectivity index is 3.06. The third-order valence-corrected chi connectivity index (χ3v) is 1.69. The molecule has 2 amide bonds. The Labute approximate surface area is 91.5 Å². The quantitative estimate of drug-likeness (QED) is 0.167. The van der Waals surface area contributed by atoms with Gasteiger partial charge in [-0.2, -0.15) is 0 Å². The van der Waals surface area contributed by atoms with Crippen molar-refractivity contribution in [1.29, 1.82) is 0 Å². The van der Waals surface area contributed by atoms with Gasteiger partial charge in [0.1, 0.15) is 0 Å². The predicted octanol–water partition coefficient (Wildman–Crippen LogP) is -1.26. The Kier molecular flexibility index (Phi) is 4.13. The summed E-state index contributed by atoms with van der Waals surface area (Å²) in [5, 5.41) is 0. The van der Waals surface area contributed by atoms with E-state index in [4.69, 9.17) is 11.7 Å². The molecule has 1 aromatic rings. The van der Waals surface area contributed by atoms with Crippen molar-refractivity contribution in [2.75, 3.05) is 0 Å². The van der Waals surface area contributed by atoms with Crippen molar-refractivity contribution >= 4 is 23.2 Å². The zero-order valence-corrected chi connectivity index (χ0v) is 8.31. The van der Waals surface area contributed by atoms with Crippen LogP contribution in [-0.2, 0) is 9.59 Å². The molecule has 7 nitrogen and oxygen atoms in total. The monoisotopic (exact) mass is 221 g/mol. The second-order valence-electron chi connectivity index (χ2n) is 2.74. The molecule has 0 atom stereocenters. The molecule has 0 spiro atoms. The highest BCUT2D eigenvalue weighted by Gasteiger charge is 2.18. The molecule has 16 heavy (non-hydrogen) atoms. The third-order valence-electron chi connectivity index (χ3n) is 1.69. The fourth-order valence-electron chi connectivity index (χ4n) is 0.973. The van der Waals surface area contributed by atoms with Crippen molar-refractivity contribution in [2.24, 2.45) is 16.7 Å². The Hall–Kier alpha value is -2.25. The molecule has 0 radical (unpaired) electrons. The maximum absolute atomic E-state index is 11.2. The number of amides is 2. The van der Waals surface area contributed by atoms with Gasteiger partial charge in [0, 0.05) is 0 Å². The number of hydrogen-bond acceptors (Lipinski definition) is 5. The number of nitrogens with one attached hydrogen (secondary N) is 2. The van der Waals surface area contributed by atoms with E-state index < -0.39 is 17.5 Å². The largest absolute Gasteiger partial charge is 0.289 e. The molecule has 6 N–H and O–H groups in total. The molecule has 0 heterocycles. The Bertz CT molecular complexity index is 397. The van der Waals surface area contributed by atoms with Gasteiger partial charge in [0.15, 0.2) is 5.71 Å². The lowest BCUT2D eigenvalue weighted by Gasteiger charge is -2.03. The Morgan fingerprint density at radius 2 is 1.50 bits per heavy atom. The number of carbonyl (C=O) groups is 2. The molecule has 0 fully saturated rings. The molecular weight excluding hydrogens is 210 g/mol. The van der Waals surface area contributed by atoms with Crippen LogP contribution in [0, 0.1) is 0 Å². The zero-order chi connectivity index (χ0) is 12.0. The van der Waals surface area contributed by atoms with Gasteiger partial charge in [0.05, 0.1) is 5.69 Å². The summed E-state index contributed by atoms with van der Waals surface area (Å²) in [6, 6.07) is 8.49. The highest BCUT2D eigenvalue weighted by molar-refractivity contribution is 6.65. The molecule has 0 aliphatic rings. The summed E-state index contributed by atoms with van der Waals surface area (Å²) in [5.41, 5.74) is 3.67. The van der Waals surface area contributed by atoms with E-state index in [0.29, 0.717) is 5.69 Å². The second-order valence-corrected chi connectivity index (χ2v) is 2.74. The first-order chi connectivity index (χ1) is 7.69. The maximum atomic E-state index is 11.2. The summed E-state index contributed by atoms with van der Waals surface area (Å²) in [4.78, 5) is 26.3. The van der Waals surface area contributed by atoms with Crippen molar-refractivity contribution in [2.45, 2.75) is 0 Å². The van der Waals surface area contributed by atoms with Gasteiger partial charge >= 0.3 is 0 Å². The van der Waals surface area contributed by atoms with Crippen LogP contribution in [0.1, 0.15) is 0 Å². The van der Waals surface area contributed by atoms with Crippen LogP contribution in [0.5, 0.6) is 0 Å². The van der Waals surface area contributed by atoms with Crippen LogP contribution in [0.15, 0.2) is 35.3 Å². The van der Waals surface area contributed by atoms with Crippen LogP contribution in [0.3, 0.4) is 0 Å². The van der Waals surface area contributed by atoms with E-state index in [1.54, 1.807) is 30.3 Å². The molecular formula is C9H11N5O2. The second kappa shape index (κ2) is 5.59. The first-order valence-electron chi connectivity index (χ1n) is 4.34. The van der Waals surface area contributed by atoms with E-state index in [-0.39, 0.29) is 0 Å². The van der Waals surface area contributed by atoms with Crippen LogP contribution in [0.4, 0.5) is 5.69 Å². The lowest BCUT2D eigenvalue weighted by atomic mass is 10.3. The van der Waals surface area contributed by atoms with E-state index in [1.165, 1.54) is 0 Å². The molecule has 0 saturated carbocycles. The third kappa shape index (κ3) is 2.87. The molecule has 7 heteroatoms. The van der Waals surface area contributed by atoms with Crippen molar-refractivity contribution in [3.8, 4) is 0 Å². The van der Waals surface area contributed by atoms with Crippen LogP contribution >= 0.6 is 0 Å². The predicted molar refractivity (Wildman–Crippen MR) is 58.2 cm³/mol. The molecule has 0 unspecified atom stereocenters. The number of benzene rings is 1. The summed E-state index contributed by atoms with van der Waals surface area (Å²) in [5.74, 6) is 8.21. The van der Waals surface area contributed by atoms with Gasteiger partial charge in [-0.1, -0.05) is 18.2 Å². The van der Waals surface area contributed by atoms with Gasteiger partial charge in [0.2, 0.25) is 0 Å². The van der Waals surface area contributed by atoms with Crippen molar-refractivity contribution in [3.05, 3.63) is 30.3 Å². The van der Waals surface area contributed by atoms with E-state index in [2.05, 4.69) is 4.99 Å². The summed E-state index contributed by atoms with van der Waals surface area (Å²) in [6.07, 6.45) is 0. The normalized spacial score (nSPS) is 9.12. The smallest absolute Gasteiger partial charge is 0.289 e. The van der Waals surface area contributed by atoms with Crippen LogP contribution in [-0.4, -0.2) is 17.5 Å². The van der Waals surface area contributed by atoms with Crippen LogP contribution in [0.2, 0.25) is 0 Å². The van der Waals surface area contributed by atoms with Crippen molar-refractivity contribution in [1.82, 2.24) is 10.9 Å². The minimum Gasteiger partial charge on any atom is -0.289 e. The number of para-hydroxylation sites is 1. The topological polar surface area (TPSA) is 123 Å². The van der Waals surface area contributed by atoms with E-state index in [0.717, 1.165) is 0 Å². The summed E-state index contributed by atoms with van der Waals surface area (Å²) < 4.78 is 0. The number of hydrazine groups is 2. The first-order valence-corrected chi connectivity index (χ1v) is 4.34. The average molecular weight is 221 g/mol. The number of hydrogen-bond donors (Lipinski definition) is 4. The molecule has 0 saturated heterocycles. The fraction of sp³-hybridized carbons (Fsp3) is 0. The maximum Gasteiger partial charge on any atom is 0.289 e. The highest BCUT2D eigenvalue weighted by atomic mass is 16.2. The van der Waals surface area contributed by atoms with E-state index >= 15 is 0 Å². The molecule has 0 aliphatic carbocycles. The fourth-order valence-corrected chi connectivity index (χ4v) is 0.973. The van der Waals surface area contributed by atoms with Gasteiger partial charge in [-0.15, -0.1) is 0 Å². The Morgan fingerprint density at radius 3 is 1.94 bits per heavy atom. The van der Waals surface area contributed by atoms with Gasteiger partial charge in [-0.05, 0) is 12.1 Å². The summed E-state index contributed by atoms with van der Waals surface area (Å²) in [6.45, 7) is 0. The lowest BCUT2D eigenvalue weighted by Crippen LogP contribution is -2.46. The van der Waals surface area contributed by atoms with Crippen molar-refractivity contribution < 1.29 is 9.59 Å². The first kappa shape index (κ1) is 11.8. The number of aliphatic imine (C=N–C) groups is 1. The van der Waals surface area contributed by atoms with Gasteiger partial charge in [-0.25, -0.2) is 16.7 Å². The standard InChI is InChI=1S/C9H11N5O2/c10-13-8(15)7(9(16)14-11)12-6-4-2-1-3-5-6/h1-5H,10-11H2,(H,13,15)(H,14,16). The van der Waals surface area contributed by atoms with Crippen molar-refractivity contribution in [3.63, 3.8) is 0 Å². The van der Waals surface area contributed by atoms with Gasteiger partial charge in [0.25, 0.3) is 11.8 Å². The van der Waals surface area contributed by atoms with Crippen LogP contribution in [0.25, 0.3) is 0 Å². The summed E-state index contributed by atoms with van der Waals surface area (Å²) in [7, 11) is 0. The number of nitrogens with zero attached hydrogens (tertiary/aromatic N) is 1. The Morgan fingerprint density at radius 1 is 1.00 bits per heavy atom. The lowest BCUT2D eigenvalue weighted by molar-refractivity contribution is -0.119. The van der Waals surface area contributed by atoms with E-state index in [9.17, 15) is 9.59 Å². The number of carbonyl (C=O) groups excluding carboxylic acids is 2. The molecule has 0 bridgehead atoms. The number of rotatable bonds is 3. The average Bonchev–Trinajstić information content (AvgIpc) is 2.35. The molecule has 0 aromatic heterocycles. The summed E-state index contributed by atoms with van der Waals surface area (Å²) >= 11 is 0. The minimum absolute atomic E-state index is 0.406. The van der Waals surface area contributed by atoms with E-state index in [1.807, 2.05) is 10.9 Å². The molecule has 1 aromatic carbocycles. The molecule has 0 aliphatic heterocycles. The minimum atomic E-state index is -0.813. The van der Waals surface area contributed by atoms with Gasteiger partial charge < -0.3 is 0 Å². The highest BCUT2D eigenvalue weighted by Crippen LogP contribution is 2.09. The zero-order valence-electron chi connectivity index (χ0n) is 8.31. The number of nitrogens with two attached hydrogens (primary N) is 2. The molecule has 84 valence electrons. The van der Waals surface area contributed by atoms with Crippen LogP contribution < -0.4 is 22.5 Å².